The summed E-state index contributed by atoms with van der Waals surface area (Å²) in [5, 5.41) is 5.83. The lowest BCUT2D eigenvalue weighted by molar-refractivity contribution is -0.154. The molecule has 1 amide bonds. The lowest BCUT2D eigenvalue weighted by atomic mass is 9.94. The van der Waals surface area contributed by atoms with Gasteiger partial charge in [0, 0.05) is 6.07 Å². The van der Waals surface area contributed by atoms with E-state index in [9.17, 15) is 18.0 Å². The van der Waals surface area contributed by atoms with Crippen LogP contribution in [0.25, 0.3) is 0 Å². The van der Waals surface area contributed by atoms with E-state index in [0.29, 0.717) is 11.6 Å². The Kier molecular flexibility index (Phi) is 5.23. The minimum atomic E-state index is -4.40. The van der Waals surface area contributed by atoms with Crippen molar-refractivity contribution in [1.82, 2.24) is 10.3 Å². The zero-order chi connectivity index (χ0) is 16.2. The fourth-order valence-corrected chi connectivity index (χ4v) is 2.23. The number of carbonyl (C=O) groups excluding carboxylic acids is 1. The number of rotatable bonds is 4. The number of piperidine rings is 1. The van der Waals surface area contributed by atoms with Gasteiger partial charge in [-0.3, -0.25) is 4.79 Å². The minimum absolute atomic E-state index is 0.139. The quantitative estimate of drug-likeness (QED) is 0.895. The molecule has 122 valence electrons. The van der Waals surface area contributed by atoms with Crippen molar-refractivity contribution >= 4 is 11.6 Å². The smallest absolute Gasteiger partial charge is 0.422 e. The van der Waals surface area contributed by atoms with Crippen LogP contribution in [0.3, 0.4) is 0 Å². The summed E-state index contributed by atoms with van der Waals surface area (Å²) >= 11 is 0. The predicted molar refractivity (Wildman–Crippen MR) is 74.6 cm³/mol. The summed E-state index contributed by atoms with van der Waals surface area (Å²) in [6, 6.07) is 2.49. The highest BCUT2D eigenvalue weighted by Gasteiger charge is 2.28. The first kappa shape index (κ1) is 16.5. The second-order valence-electron chi connectivity index (χ2n) is 5.41. The molecule has 0 bridgehead atoms. The van der Waals surface area contributed by atoms with Crippen molar-refractivity contribution in [2.75, 3.05) is 18.5 Å². The summed E-state index contributed by atoms with van der Waals surface area (Å²) in [6.45, 7) is 1.49. The van der Waals surface area contributed by atoms with E-state index >= 15 is 0 Å². The maximum absolute atomic E-state index is 12.1. The van der Waals surface area contributed by atoms with Crippen molar-refractivity contribution < 1.29 is 22.7 Å². The van der Waals surface area contributed by atoms with Gasteiger partial charge >= 0.3 is 6.18 Å². The molecule has 1 aromatic heterocycles. The molecule has 0 aromatic carbocycles. The number of carbonyl (C=O) groups is 1. The topological polar surface area (TPSA) is 63.2 Å². The zero-order valence-corrected chi connectivity index (χ0v) is 12.1. The van der Waals surface area contributed by atoms with Crippen LogP contribution in [0.2, 0.25) is 0 Å². The van der Waals surface area contributed by atoms with Gasteiger partial charge in [-0.05, 0) is 31.4 Å². The first-order valence-corrected chi connectivity index (χ1v) is 7.03. The Morgan fingerprint density at radius 1 is 1.50 bits per heavy atom. The fraction of sp³-hybridized carbons (Fsp3) is 0.571. The van der Waals surface area contributed by atoms with E-state index in [0.717, 1.165) is 19.4 Å². The first-order chi connectivity index (χ1) is 10.3. The average molecular weight is 317 g/mol. The molecular formula is C14H18F3N3O2. The predicted octanol–water partition coefficient (Wildman–Crippen LogP) is 2.35. The Hall–Kier alpha value is -1.83. The third-order valence-electron chi connectivity index (χ3n) is 3.37. The molecule has 0 spiro atoms. The van der Waals surface area contributed by atoms with E-state index < -0.39 is 12.8 Å². The number of alkyl halides is 3. The number of hydrogen-bond acceptors (Lipinski definition) is 4. The number of aromatic nitrogens is 1. The minimum Gasteiger partial charge on any atom is -0.468 e. The molecule has 2 N–H and O–H groups in total. The standard InChI is InChI=1S/C14H18F3N3O2/c1-9-4-5-18-11(6-9)13(21)20-10-2-3-12(19-7-10)22-8-14(15,16)17/h2-3,7,9,11,18H,4-6,8H2,1H3,(H,20,21). The summed E-state index contributed by atoms with van der Waals surface area (Å²) in [4.78, 5) is 15.8. The molecule has 0 radical (unpaired) electrons. The number of halogens is 3. The van der Waals surface area contributed by atoms with Crippen molar-refractivity contribution in [3.05, 3.63) is 18.3 Å². The molecule has 2 rings (SSSR count). The molecule has 2 atom stereocenters. The van der Waals surface area contributed by atoms with Crippen molar-refractivity contribution in [3.63, 3.8) is 0 Å². The first-order valence-electron chi connectivity index (χ1n) is 7.03. The van der Waals surface area contributed by atoms with Gasteiger partial charge < -0.3 is 15.4 Å². The van der Waals surface area contributed by atoms with Crippen LogP contribution in [-0.4, -0.2) is 36.3 Å². The highest BCUT2D eigenvalue weighted by molar-refractivity contribution is 5.94. The van der Waals surface area contributed by atoms with Crippen LogP contribution in [0.5, 0.6) is 5.88 Å². The van der Waals surface area contributed by atoms with Gasteiger partial charge in [0.2, 0.25) is 11.8 Å². The van der Waals surface area contributed by atoms with Crippen molar-refractivity contribution in [2.24, 2.45) is 5.92 Å². The molecule has 2 unspecified atom stereocenters. The van der Waals surface area contributed by atoms with Crippen LogP contribution in [0.1, 0.15) is 19.8 Å². The Bertz CT molecular complexity index is 505. The molecule has 1 aliphatic heterocycles. The summed E-state index contributed by atoms with van der Waals surface area (Å²) in [5.41, 5.74) is 0.421. The molecule has 22 heavy (non-hydrogen) atoms. The maximum Gasteiger partial charge on any atom is 0.422 e. The fourth-order valence-electron chi connectivity index (χ4n) is 2.23. The molecule has 0 saturated carbocycles. The molecule has 2 heterocycles. The summed E-state index contributed by atoms with van der Waals surface area (Å²) in [6.07, 6.45) is -1.34. The van der Waals surface area contributed by atoms with Crippen molar-refractivity contribution in [1.29, 1.82) is 0 Å². The third-order valence-corrected chi connectivity index (χ3v) is 3.37. The van der Waals surface area contributed by atoms with Gasteiger partial charge in [-0.1, -0.05) is 6.92 Å². The normalized spacial score (nSPS) is 22.2. The monoisotopic (exact) mass is 317 g/mol. The van der Waals surface area contributed by atoms with E-state index in [2.05, 4.69) is 27.3 Å². The number of nitrogens with one attached hydrogen (secondary N) is 2. The number of nitrogens with zero attached hydrogens (tertiary/aromatic N) is 1. The Labute approximate surface area is 126 Å². The second kappa shape index (κ2) is 6.95. The number of pyridine rings is 1. The van der Waals surface area contributed by atoms with Crippen molar-refractivity contribution in [2.45, 2.75) is 32.0 Å². The second-order valence-corrected chi connectivity index (χ2v) is 5.41. The number of amides is 1. The lowest BCUT2D eigenvalue weighted by Crippen LogP contribution is -2.45. The summed E-state index contributed by atoms with van der Waals surface area (Å²) in [5.74, 6) is 0.172. The van der Waals surface area contributed by atoms with Gasteiger partial charge in [-0.25, -0.2) is 4.98 Å². The van der Waals surface area contributed by atoms with Gasteiger partial charge in [0.25, 0.3) is 0 Å². The van der Waals surface area contributed by atoms with Crippen LogP contribution >= 0.6 is 0 Å². The number of hydrogen-bond donors (Lipinski definition) is 2. The molecule has 1 aliphatic rings. The third kappa shape index (κ3) is 5.18. The summed E-state index contributed by atoms with van der Waals surface area (Å²) in [7, 11) is 0. The zero-order valence-electron chi connectivity index (χ0n) is 12.1. The van der Waals surface area contributed by atoms with Crippen LogP contribution in [-0.2, 0) is 4.79 Å². The van der Waals surface area contributed by atoms with Crippen molar-refractivity contribution in [3.8, 4) is 5.88 Å². The highest BCUT2D eigenvalue weighted by atomic mass is 19.4. The Balaban J connectivity index is 1.86. The number of ether oxygens (including phenoxy) is 1. The van der Waals surface area contributed by atoms with Gasteiger partial charge in [-0.2, -0.15) is 13.2 Å². The SMILES string of the molecule is CC1CCNC(C(=O)Nc2ccc(OCC(F)(F)F)nc2)C1. The average Bonchev–Trinajstić information content (AvgIpc) is 2.46. The van der Waals surface area contributed by atoms with Crippen LogP contribution in [0, 0.1) is 5.92 Å². The van der Waals surface area contributed by atoms with E-state index in [1.807, 2.05) is 0 Å². The Morgan fingerprint density at radius 2 is 2.27 bits per heavy atom. The van der Waals surface area contributed by atoms with Crippen LogP contribution < -0.4 is 15.4 Å². The molecule has 1 fully saturated rings. The Morgan fingerprint density at radius 3 is 2.86 bits per heavy atom. The molecular weight excluding hydrogens is 299 g/mol. The molecule has 8 heteroatoms. The van der Waals surface area contributed by atoms with E-state index in [1.54, 1.807) is 0 Å². The van der Waals surface area contributed by atoms with Crippen LogP contribution in [0.4, 0.5) is 18.9 Å². The lowest BCUT2D eigenvalue weighted by Gasteiger charge is -2.27. The van der Waals surface area contributed by atoms with Gasteiger partial charge in [0.15, 0.2) is 6.61 Å². The molecule has 1 aromatic rings. The van der Waals surface area contributed by atoms with Crippen LogP contribution in [0.15, 0.2) is 18.3 Å². The molecule has 5 nitrogen and oxygen atoms in total. The molecule has 1 saturated heterocycles. The van der Waals surface area contributed by atoms with Gasteiger partial charge in [0.05, 0.1) is 17.9 Å². The highest BCUT2D eigenvalue weighted by Crippen LogP contribution is 2.19. The maximum atomic E-state index is 12.1. The van der Waals surface area contributed by atoms with E-state index in [-0.39, 0.29) is 17.8 Å². The van der Waals surface area contributed by atoms with Gasteiger partial charge in [0.1, 0.15) is 0 Å². The molecule has 0 aliphatic carbocycles. The summed E-state index contributed by atoms with van der Waals surface area (Å²) < 4.78 is 40.5. The number of anilines is 1. The largest absolute Gasteiger partial charge is 0.468 e. The van der Waals surface area contributed by atoms with E-state index in [4.69, 9.17) is 0 Å². The van der Waals surface area contributed by atoms with E-state index in [1.165, 1.54) is 18.3 Å². The van der Waals surface area contributed by atoms with Gasteiger partial charge in [-0.15, -0.1) is 0 Å².